The number of carbonyl (C=O) groups excluding carboxylic acids is 1. The second kappa shape index (κ2) is 9.36. The number of nitro benzene ring substituents is 1. The average molecular weight is 433 g/mol. The molecule has 1 aromatic heterocycles. The maximum atomic E-state index is 12.4. The Bertz CT molecular complexity index is 944. The first-order valence-electron chi connectivity index (χ1n) is 9.79. The van der Waals surface area contributed by atoms with Crippen LogP contribution in [-0.4, -0.2) is 58.4 Å². The number of nitrogens with zero attached hydrogens (tertiary/aromatic N) is 5. The fourth-order valence-corrected chi connectivity index (χ4v) is 3.45. The van der Waals surface area contributed by atoms with E-state index in [1.54, 1.807) is 0 Å². The smallest absolute Gasteiger partial charge is 0.294 e. The lowest BCUT2D eigenvalue weighted by atomic mass is 10.2. The maximum absolute atomic E-state index is 12.4. The summed E-state index contributed by atoms with van der Waals surface area (Å²) in [6, 6.07) is 6.16. The molecule has 1 N–H and O–H groups in total. The van der Waals surface area contributed by atoms with Gasteiger partial charge in [-0.3, -0.25) is 19.8 Å². The van der Waals surface area contributed by atoms with Crippen molar-refractivity contribution < 1.29 is 9.72 Å². The third-order valence-corrected chi connectivity index (χ3v) is 5.10. The second-order valence-electron chi connectivity index (χ2n) is 7.61. The zero-order valence-electron chi connectivity index (χ0n) is 17.3. The van der Waals surface area contributed by atoms with Crippen molar-refractivity contribution in [3.63, 3.8) is 0 Å². The highest BCUT2D eigenvalue weighted by Gasteiger charge is 2.22. The number of carbonyl (C=O) groups is 1. The molecule has 160 valence electrons. The molecule has 30 heavy (non-hydrogen) atoms. The van der Waals surface area contributed by atoms with Crippen LogP contribution < -0.4 is 10.2 Å². The van der Waals surface area contributed by atoms with Crippen molar-refractivity contribution >= 4 is 34.7 Å². The number of aromatic nitrogens is 2. The van der Waals surface area contributed by atoms with Crippen LogP contribution >= 0.6 is 11.6 Å². The quantitative estimate of drug-likeness (QED) is 0.551. The predicted molar refractivity (Wildman–Crippen MR) is 116 cm³/mol. The molecule has 0 aliphatic carbocycles. The molecule has 0 atom stereocenters. The lowest BCUT2D eigenvalue weighted by Crippen LogP contribution is -2.49. The first-order valence-corrected chi connectivity index (χ1v) is 10.2. The summed E-state index contributed by atoms with van der Waals surface area (Å²) in [6.45, 7) is 9.12. The molecular weight excluding hydrogens is 408 g/mol. The Labute approximate surface area is 180 Å². The Morgan fingerprint density at radius 3 is 2.57 bits per heavy atom. The normalized spacial score (nSPS) is 14.8. The third-order valence-electron chi connectivity index (χ3n) is 4.87. The molecule has 1 aromatic carbocycles. The average Bonchev–Trinajstić information content (AvgIpc) is 2.69. The number of halogens is 1. The van der Waals surface area contributed by atoms with E-state index in [-0.39, 0.29) is 34.8 Å². The largest absolute Gasteiger partial charge is 0.354 e. The van der Waals surface area contributed by atoms with Gasteiger partial charge in [-0.2, -0.15) is 0 Å². The number of aryl methyl sites for hydroxylation is 1. The van der Waals surface area contributed by atoms with Crippen molar-refractivity contribution in [1.29, 1.82) is 0 Å². The lowest BCUT2D eigenvalue weighted by molar-refractivity contribution is -0.383. The molecule has 10 heteroatoms. The molecule has 2 aromatic rings. The summed E-state index contributed by atoms with van der Waals surface area (Å²) < 4.78 is 0. The van der Waals surface area contributed by atoms with Crippen LogP contribution in [0.1, 0.15) is 31.3 Å². The Morgan fingerprint density at radius 2 is 1.93 bits per heavy atom. The molecule has 3 rings (SSSR count). The van der Waals surface area contributed by atoms with Gasteiger partial charge in [-0.25, -0.2) is 9.97 Å². The first kappa shape index (κ1) is 21.9. The van der Waals surface area contributed by atoms with E-state index in [2.05, 4.69) is 34.0 Å². The van der Waals surface area contributed by atoms with Gasteiger partial charge in [0.25, 0.3) is 5.69 Å². The zero-order chi connectivity index (χ0) is 21.8. The Balaban J connectivity index is 1.58. The third kappa shape index (κ3) is 5.43. The molecule has 1 saturated heterocycles. The van der Waals surface area contributed by atoms with Crippen LogP contribution in [0.15, 0.2) is 24.3 Å². The summed E-state index contributed by atoms with van der Waals surface area (Å²) in [5.74, 6) is 1.70. The molecule has 1 aliphatic rings. The Morgan fingerprint density at radius 1 is 1.23 bits per heavy atom. The number of amides is 1. The lowest BCUT2D eigenvalue weighted by Gasteiger charge is -2.35. The molecule has 9 nitrogen and oxygen atoms in total. The van der Waals surface area contributed by atoms with Crippen LogP contribution in [0.2, 0.25) is 5.02 Å². The fraction of sp³-hybridized carbons (Fsp3) is 0.450. The van der Waals surface area contributed by atoms with Gasteiger partial charge in [-0.05, 0) is 19.1 Å². The van der Waals surface area contributed by atoms with Gasteiger partial charge in [0.1, 0.15) is 17.3 Å². The number of anilines is 2. The summed E-state index contributed by atoms with van der Waals surface area (Å²) in [4.78, 5) is 36.4. The minimum atomic E-state index is -0.560. The van der Waals surface area contributed by atoms with Gasteiger partial charge in [-0.15, -0.1) is 0 Å². The molecule has 1 aliphatic heterocycles. The van der Waals surface area contributed by atoms with E-state index in [0.29, 0.717) is 13.1 Å². The number of hydrogen-bond acceptors (Lipinski definition) is 7. The second-order valence-corrected chi connectivity index (χ2v) is 8.05. The standard InChI is InChI=1S/C20H25ClN6O3/c1-13(2)20-22-14(3)10-18(24-20)26-8-6-25(7-9-26)12-19(28)23-16-5-4-15(21)11-17(16)27(29)30/h4-5,10-11,13H,6-9,12H2,1-3H3,(H,23,28). The van der Waals surface area contributed by atoms with Gasteiger partial charge in [0.2, 0.25) is 5.91 Å². The molecule has 0 unspecified atom stereocenters. The number of piperazine rings is 1. The molecule has 0 saturated carbocycles. The molecular formula is C20H25ClN6O3. The van der Waals surface area contributed by atoms with E-state index in [1.807, 2.05) is 17.9 Å². The van der Waals surface area contributed by atoms with Crippen molar-refractivity contribution in [3.05, 3.63) is 50.9 Å². The van der Waals surface area contributed by atoms with Crippen molar-refractivity contribution in [2.24, 2.45) is 0 Å². The molecule has 0 bridgehead atoms. The highest BCUT2D eigenvalue weighted by molar-refractivity contribution is 6.31. The highest BCUT2D eigenvalue weighted by Crippen LogP contribution is 2.27. The van der Waals surface area contributed by atoms with E-state index in [9.17, 15) is 14.9 Å². The van der Waals surface area contributed by atoms with Crippen LogP contribution in [0.4, 0.5) is 17.2 Å². The number of nitro groups is 1. The van der Waals surface area contributed by atoms with Gasteiger partial charge in [0.05, 0.1) is 11.5 Å². The number of rotatable bonds is 6. The number of hydrogen-bond donors (Lipinski definition) is 1. The van der Waals surface area contributed by atoms with Crippen molar-refractivity contribution in [1.82, 2.24) is 14.9 Å². The zero-order valence-corrected chi connectivity index (χ0v) is 18.0. The molecule has 2 heterocycles. The Kier molecular flexibility index (Phi) is 6.84. The van der Waals surface area contributed by atoms with Gasteiger partial charge in [0, 0.05) is 54.9 Å². The number of benzene rings is 1. The van der Waals surface area contributed by atoms with Crippen molar-refractivity contribution in [3.8, 4) is 0 Å². The van der Waals surface area contributed by atoms with Gasteiger partial charge < -0.3 is 10.2 Å². The fourth-order valence-electron chi connectivity index (χ4n) is 3.28. The molecule has 0 radical (unpaired) electrons. The van der Waals surface area contributed by atoms with Crippen molar-refractivity contribution in [2.75, 3.05) is 42.9 Å². The molecule has 0 spiro atoms. The summed E-state index contributed by atoms with van der Waals surface area (Å²) in [6.07, 6.45) is 0. The van der Waals surface area contributed by atoms with Crippen LogP contribution in [0, 0.1) is 17.0 Å². The van der Waals surface area contributed by atoms with Crippen LogP contribution in [-0.2, 0) is 4.79 Å². The van der Waals surface area contributed by atoms with E-state index in [1.165, 1.54) is 18.2 Å². The highest BCUT2D eigenvalue weighted by atomic mass is 35.5. The monoisotopic (exact) mass is 432 g/mol. The first-order chi connectivity index (χ1) is 14.2. The van der Waals surface area contributed by atoms with E-state index >= 15 is 0 Å². The number of nitrogens with one attached hydrogen (secondary N) is 1. The predicted octanol–water partition coefficient (Wildman–Crippen LogP) is 3.23. The summed E-state index contributed by atoms with van der Waals surface area (Å²) >= 11 is 5.81. The van der Waals surface area contributed by atoms with E-state index in [0.717, 1.165) is 30.4 Å². The molecule has 1 fully saturated rings. The Hall–Kier alpha value is -2.78. The minimum absolute atomic E-state index is 0.144. The van der Waals surface area contributed by atoms with E-state index < -0.39 is 4.92 Å². The summed E-state index contributed by atoms with van der Waals surface area (Å²) in [7, 11) is 0. The van der Waals surface area contributed by atoms with Gasteiger partial charge in [0.15, 0.2) is 0 Å². The van der Waals surface area contributed by atoms with Gasteiger partial charge >= 0.3 is 0 Å². The summed E-state index contributed by atoms with van der Waals surface area (Å²) in [5.41, 5.74) is 0.863. The SMILES string of the molecule is Cc1cc(N2CCN(CC(=O)Nc3ccc(Cl)cc3[N+](=O)[O-])CC2)nc(C(C)C)n1. The van der Waals surface area contributed by atoms with E-state index in [4.69, 9.17) is 11.6 Å². The molecule has 1 amide bonds. The van der Waals surface area contributed by atoms with Gasteiger partial charge in [-0.1, -0.05) is 25.4 Å². The van der Waals surface area contributed by atoms with Crippen LogP contribution in [0.25, 0.3) is 0 Å². The van der Waals surface area contributed by atoms with Crippen LogP contribution in [0.5, 0.6) is 0 Å². The maximum Gasteiger partial charge on any atom is 0.294 e. The topological polar surface area (TPSA) is 104 Å². The van der Waals surface area contributed by atoms with Crippen LogP contribution in [0.3, 0.4) is 0 Å². The summed E-state index contributed by atoms with van der Waals surface area (Å²) in [5, 5.41) is 14.0. The minimum Gasteiger partial charge on any atom is -0.354 e. The van der Waals surface area contributed by atoms with Crippen molar-refractivity contribution in [2.45, 2.75) is 26.7 Å².